The molecule has 0 unspecified atom stereocenters. The SMILES string of the molecule is Cc1cc(C(F)F)nn1Cc1nnc(-c2cccs2)o1. The van der Waals surface area contributed by atoms with E-state index in [0.29, 0.717) is 17.5 Å². The summed E-state index contributed by atoms with van der Waals surface area (Å²) in [6.45, 7) is 1.88. The van der Waals surface area contributed by atoms with Gasteiger partial charge in [-0.05, 0) is 24.4 Å². The molecule has 3 aromatic rings. The van der Waals surface area contributed by atoms with Crippen LogP contribution < -0.4 is 0 Å². The Morgan fingerprint density at radius 2 is 2.25 bits per heavy atom. The number of aryl methyl sites for hydroxylation is 1. The van der Waals surface area contributed by atoms with E-state index in [1.165, 1.54) is 22.1 Å². The van der Waals surface area contributed by atoms with Gasteiger partial charge in [-0.25, -0.2) is 8.78 Å². The topological polar surface area (TPSA) is 56.7 Å². The monoisotopic (exact) mass is 296 g/mol. The molecule has 0 amide bonds. The van der Waals surface area contributed by atoms with Crippen LogP contribution >= 0.6 is 11.3 Å². The molecule has 3 aromatic heterocycles. The van der Waals surface area contributed by atoms with Gasteiger partial charge in [-0.2, -0.15) is 5.10 Å². The summed E-state index contributed by atoms with van der Waals surface area (Å²) >= 11 is 1.49. The molecule has 0 spiro atoms. The van der Waals surface area contributed by atoms with Gasteiger partial charge in [-0.3, -0.25) is 4.68 Å². The Kier molecular flexibility index (Phi) is 3.31. The predicted molar refractivity (Wildman–Crippen MR) is 68.6 cm³/mol. The first-order valence-electron chi connectivity index (χ1n) is 5.82. The lowest BCUT2D eigenvalue weighted by molar-refractivity contribution is 0.145. The van der Waals surface area contributed by atoms with Crippen LogP contribution in [0, 0.1) is 6.92 Å². The van der Waals surface area contributed by atoms with Crippen molar-refractivity contribution in [2.24, 2.45) is 0 Å². The van der Waals surface area contributed by atoms with E-state index in [0.717, 1.165) is 4.88 Å². The summed E-state index contributed by atoms with van der Waals surface area (Å²) in [5.74, 6) is 0.759. The van der Waals surface area contributed by atoms with E-state index in [1.807, 2.05) is 17.5 Å². The Hall–Kier alpha value is -2.09. The molecule has 8 heteroatoms. The Balaban J connectivity index is 1.81. The van der Waals surface area contributed by atoms with Crippen LogP contribution in [-0.2, 0) is 6.54 Å². The van der Waals surface area contributed by atoms with E-state index in [9.17, 15) is 8.78 Å². The third-order valence-corrected chi connectivity index (χ3v) is 3.57. The van der Waals surface area contributed by atoms with Gasteiger partial charge in [0.15, 0.2) is 0 Å². The zero-order valence-corrected chi connectivity index (χ0v) is 11.3. The second-order valence-electron chi connectivity index (χ2n) is 4.15. The number of alkyl halides is 2. The van der Waals surface area contributed by atoms with Crippen molar-refractivity contribution in [3.63, 3.8) is 0 Å². The van der Waals surface area contributed by atoms with Gasteiger partial charge in [0.1, 0.15) is 12.2 Å². The maximum absolute atomic E-state index is 12.6. The molecule has 0 aliphatic carbocycles. The quantitative estimate of drug-likeness (QED) is 0.741. The third-order valence-electron chi connectivity index (χ3n) is 2.71. The summed E-state index contributed by atoms with van der Waals surface area (Å²) < 4.78 is 32.0. The molecule has 0 aliphatic heterocycles. The molecule has 0 atom stereocenters. The Morgan fingerprint density at radius 3 is 2.90 bits per heavy atom. The van der Waals surface area contributed by atoms with E-state index in [4.69, 9.17) is 4.42 Å². The highest BCUT2D eigenvalue weighted by atomic mass is 32.1. The fourth-order valence-electron chi connectivity index (χ4n) is 1.75. The first-order chi connectivity index (χ1) is 9.63. The van der Waals surface area contributed by atoms with Crippen LogP contribution in [-0.4, -0.2) is 20.0 Å². The van der Waals surface area contributed by atoms with Crippen LogP contribution in [0.1, 0.15) is 23.7 Å². The van der Waals surface area contributed by atoms with Crippen LogP contribution in [0.5, 0.6) is 0 Å². The molecule has 3 heterocycles. The average molecular weight is 296 g/mol. The van der Waals surface area contributed by atoms with Crippen molar-refractivity contribution in [2.45, 2.75) is 19.9 Å². The molecule has 0 saturated heterocycles. The second-order valence-corrected chi connectivity index (χ2v) is 5.09. The van der Waals surface area contributed by atoms with Gasteiger partial charge in [-0.1, -0.05) is 6.07 Å². The minimum Gasteiger partial charge on any atom is -0.418 e. The van der Waals surface area contributed by atoms with Crippen molar-refractivity contribution < 1.29 is 13.2 Å². The zero-order chi connectivity index (χ0) is 14.1. The van der Waals surface area contributed by atoms with Gasteiger partial charge >= 0.3 is 0 Å². The maximum Gasteiger partial charge on any atom is 0.282 e. The average Bonchev–Trinajstić information content (AvgIpc) is 3.11. The second kappa shape index (κ2) is 5.12. The highest BCUT2D eigenvalue weighted by molar-refractivity contribution is 7.13. The zero-order valence-electron chi connectivity index (χ0n) is 10.5. The number of hydrogen-bond donors (Lipinski definition) is 0. The molecule has 104 valence electrons. The van der Waals surface area contributed by atoms with Crippen LogP contribution in [0.25, 0.3) is 10.8 Å². The first kappa shape index (κ1) is 12.9. The normalized spacial score (nSPS) is 11.4. The molecule has 0 bridgehead atoms. The number of hydrogen-bond acceptors (Lipinski definition) is 5. The number of nitrogens with zero attached hydrogens (tertiary/aromatic N) is 4. The minimum absolute atomic E-state index is 0.178. The van der Waals surface area contributed by atoms with E-state index >= 15 is 0 Å². The van der Waals surface area contributed by atoms with Crippen LogP contribution in [0.3, 0.4) is 0 Å². The van der Waals surface area contributed by atoms with Gasteiger partial charge < -0.3 is 4.42 Å². The molecule has 0 N–H and O–H groups in total. The summed E-state index contributed by atoms with van der Waals surface area (Å²) in [4.78, 5) is 0.870. The van der Waals surface area contributed by atoms with Gasteiger partial charge in [0.05, 0.1) is 4.88 Å². The summed E-state index contributed by atoms with van der Waals surface area (Å²) in [5.41, 5.74) is 0.372. The molecule has 0 aromatic carbocycles. The van der Waals surface area contributed by atoms with Crippen LogP contribution in [0.2, 0.25) is 0 Å². The molecule has 0 fully saturated rings. The van der Waals surface area contributed by atoms with Crippen LogP contribution in [0.4, 0.5) is 8.78 Å². The molecule has 0 aliphatic rings. The largest absolute Gasteiger partial charge is 0.418 e. The highest BCUT2D eigenvalue weighted by Gasteiger charge is 2.16. The predicted octanol–water partition coefficient (Wildman–Crippen LogP) is 3.29. The van der Waals surface area contributed by atoms with E-state index < -0.39 is 6.43 Å². The Morgan fingerprint density at radius 1 is 1.40 bits per heavy atom. The van der Waals surface area contributed by atoms with Gasteiger partial charge in [0.2, 0.25) is 5.89 Å². The number of thiophene rings is 1. The molecule has 0 saturated carbocycles. The van der Waals surface area contributed by atoms with E-state index in [1.54, 1.807) is 6.92 Å². The van der Waals surface area contributed by atoms with Gasteiger partial charge in [0.25, 0.3) is 12.3 Å². The smallest absolute Gasteiger partial charge is 0.282 e. The Labute approximate surface area is 116 Å². The number of aromatic nitrogens is 4. The lowest BCUT2D eigenvalue weighted by atomic mass is 10.4. The fraction of sp³-hybridized carbons (Fsp3) is 0.250. The Bertz CT molecular complexity index is 705. The van der Waals surface area contributed by atoms with Crippen molar-refractivity contribution in [2.75, 3.05) is 0 Å². The van der Waals surface area contributed by atoms with Crippen molar-refractivity contribution >= 4 is 11.3 Å². The molecule has 5 nitrogen and oxygen atoms in total. The van der Waals surface area contributed by atoms with Crippen molar-refractivity contribution in [1.29, 1.82) is 0 Å². The summed E-state index contributed by atoms with van der Waals surface area (Å²) in [7, 11) is 0. The highest BCUT2D eigenvalue weighted by Crippen LogP contribution is 2.23. The number of halogens is 2. The lowest BCUT2D eigenvalue weighted by Crippen LogP contribution is -2.04. The molecule has 0 radical (unpaired) electrons. The van der Waals surface area contributed by atoms with Crippen molar-refractivity contribution in [3.05, 3.63) is 40.9 Å². The molecular formula is C12H10F2N4OS. The minimum atomic E-state index is -2.58. The molecule has 3 rings (SSSR count). The lowest BCUT2D eigenvalue weighted by Gasteiger charge is -1.99. The molecule has 20 heavy (non-hydrogen) atoms. The first-order valence-corrected chi connectivity index (χ1v) is 6.70. The third kappa shape index (κ3) is 2.46. The summed E-state index contributed by atoms with van der Waals surface area (Å²) in [6, 6.07) is 5.10. The van der Waals surface area contributed by atoms with Gasteiger partial charge in [0, 0.05) is 5.69 Å². The van der Waals surface area contributed by atoms with E-state index in [-0.39, 0.29) is 12.2 Å². The molecular weight excluding hydrogens is 286 g/mol. The number of rotatable bonds is 4. The van der Waals surface area contributed by atoms with Gasteiger partial charge in [-0.15, -0.1) is 21.5 Å². The maximum atomic E-state index is 12.6. The van der Waals surface area contributed by atoms with Crippen LogP contribution in [0.15, 0.2) is 28.0 Å². The summed E-state index contributed by atoms with van der Waals surface area (Å²) in [5, 5.41) is 13.6. The fourth-order valence-corrected chi connectivity index (χ4v) is 2.39. The van der Waals surface area contributed by atoms with Crippen molar-refractivity contribution in [3.8, 4) is 10.8 Å². The van der Waals surface area contributed by atoms with Crippen molar-refractivity contribution in [1.82, 2.24) is 20.0 Å². The summed E-state index contributed by atoms with van der Waals surface area (Å²) in [6.07, 6.45) is -2.58. The standard InChI is InChI=1S/C12H10F2N4OS/c1-7-5-8(11(13)14)17-18(7)6-10-15-16-12(19-10)9-3-2-4-20-9/h2-5,11H,6H2,1H3. The van der Waals surface area contributed by atoms with E-state index in [2.05, 4.69) is 15.3 Å².